The molecule has 20 nitrogen and oxygen atoms in total. The highest BCUT2D eigenvalue weighted by atomic mass is 16.6. The van der Waals surface area contributed by atoms with Gasteiger partial charge in [-0.15, -0.1) is 0 Å². The molecule has 1 saturated heterocycles. The second kappa shape index (κ2) is 28.3. The molecule has 4 aromatic carbocycles. The van der Waals surface area contributed by atoms with E-state index in [9.17, 15) is 38.4 Å². The van der Waals surface area contributed by atoms with Gasteiger partial charge < -0.3 is 50.2 Å². The number of likely N-dealkylation sites (tertiary alicyclic amines) is 1. The number of nitrogens with zero attached hydrogens (tertiary/aromatic N) is 4. The highest BCUT2D eigenvalue weighted by Gasteiger charge is 2.44. The van der Waals surface area contributed by atoms with Gasteiger partial charge >= 0.3 is 12.2 Å². The van der Waals surface area contributed by atoms with E-state index in [2.05, 4.69) is 21.3 Å². The number of carbonyl (C=O) groups is 9. The summed E-state index contributed by atoms with van der Waals surface area (Å²) in [5, 5.41) is 11.9. The van der Waals surface area contributed by atoms with Gasteiger partial charge in [-0.25, -0.2) is 9.59 Å². The van der Waals surface area contributed by atoms with Crippen molar-refractivity contribution in [2.45, 2.75) is 117 Å². The third kappa shape index (κ3) is 17.3. The third-order valence-electron chi connectivity index (χ3n) is 14.5. The number of carbonyl (C=O) groups excluding carboxylic acids is 9. The van der Waals surface area contributed by atoms with Crippen LogP contribution in [0.2, 0.25) is 0 Å². The average Bonchev–Trinajstić information content (AvgIpc) is 1.38. The Balaban J connectivity index is 1.16. The number of benzene rings is 4. The van der Waals surface area contributed by atoms with E-state index < -0.39 is 106 Å². The predicted octanol–water partition coefficient (Wildman–Crippen LogP) is 7.17. The second-order valence-electron chi connectivity index (χ2n) is 24.2. The van der Waals surface area contributed by atoms with Gasteiger partial charge in [0.1, 0.15) is 35.9 Å². The molecular weight excluding hydrogens is 1070 g/mol. The lowest BCUT2D eigenvalue weighted by Crippen LogP contribution is -2.59. The number of hydrogen-bond donors (Lipinski definition) is 4. The third-order valence-corrected chi connectivity index (χ3v) is 14.5. The van der Waals surface area contributed by atoms with Crippen LogP contribution < -0.4 is 21.3 Å². The Bertz CT molecular complexity index is 2880. The van der Waals surface area contributed by atoms with Gasteiger partial charge in [0.25, 0.3) is 11.8 Å². The molecule has 1 fully saturated rings. The van der Waals surface area contributed by atoms with E-state index in [4.69, 9.17) is 14.2 Å². The predicted molar refractivity (Wildman–Crippen MR) is 316 cm³/mol. The normalized spacial score (nSPS) is 15.3. The minimum Gasteiger partial charge on any atom is -0.445 e. The molecule has 450 valence electrons. The number of anilines is 1. The molecule has 2 aliphatic rings. The molecule has 3 atom stereocenters. The zero-order chi connectivity index (χ0) is 61.6. The van der Waals surface area contributed by atoms with E-state index >= 15 is 4.79 Å². The Hall–Kier alpha value is -8.39. The van der Waals surface area contributed by atoms with Gasteiger partial charge in [0.15, 0.2) is 0 Å². The van der Waals surface area contributed by atoms with Crippen LogP contribution in [0, 0.1) is 16.7 Å². The van der Waals surface area contributed by atoms with Crippen molar-refractivity contribution in [2.75, 3.05) is 58.8 Å². The van der Waals surface area contributed by atoms with Crippen LogP contribution in [0.25, 0.3) is 0 Å². The van der Waals surface area contributed by atoms with Crippen LogP contribution >= 0.6 is 0 Å². The summed E-state index contributed by atoms with van der Waals surface area (Å²) in [5.74, 6) is -4.25. The van der Waals surface area contributed by atoms with E-state index in [1.165, 1.54) is 26.9 Å². The number of imide groups is 1. The number of likely N-dealkylation sites (N-methyl/N-ethyl adjacent to an activating group) is 2. The first-order valence-corrected chi connectivity index (χ1v) is 28.3. The highest BCUT2D eigenvalue weighted by molar-refractivity contribution is 6.13. The van der Waals surface area contributed by atoms with Gasteiger partial charge in [0.2, 0.25) is 29.5 Å². The van der Waals surface area contributed by atoms with Gasteiger partial charge in [0.05, 0.1) is 25.0 Å². The fraction of sp³-hybridized carbons (Fsp3) is 0.453. The summed E-state index contributed by atoms with van der Waals surface area (Å²) >= 11 is 0. The van der Waals surface area contributed by atoms with Gasteiger partial charge in [-0.05, 0) is 87.8 Å². The van der Waals surface area contributed by atoms with Crippen molar-refractivity contribution in [2.24, 2.45) is 16.7 Å². The molecule has 0 aliphatic carbocycles. The van der Waals surface area contributed by atoms with E-state index in [1.807, 2.05) is 105 Å². The summed E-state index contributed by atoms with van der Waals surface area (Å²) in [4.78, 5) is 128. The summed E-state index contributed by atoms with van der Waals surface area (Å²) < 4.78 is 16.9. The van der Waals surface area contributed by atoms with E-state index in [0.29, 0.717) is 17.7 Å². The minimum atomic E-state index is -1.49. The highest BCUT2D eigenvalue weighted by Crippen LogP contribution is 2.37. The molecule has 2 heterocycles. The van der Waals surface area contributed by atoms with Crippen molar-refractivity contribution >= 4 is 59.2 Å². The van der Waals surface area contributed by atoms with Gasteiger partial charge in [-0.2, -0.15) is 0 Å². The molecule has 0 aromatic heterocycles. The molecule has 0 radical (unpaired) electrons. The molecule has 4 N–H and O–H groups in total. The Morgan fingerprint density at radius 3 is 1.71 bits per heavy atom. The topological polar surface area (TPSA) is 242 Å². The summed E-state index contributed by atoms with van der Waals surface area (Å²) in [6, 6.07) is 31.3. The molecule has 9 amide bonds. The van der Waals surface area contributed by atoms with Crippen molar-refractivity contribution in [3.05, 3.63) is 150 Å². The maximum atomic E-state index is 15.2. The van der Waals surface area contributed by atoms with Gasteiger partial charge in [-0.1, -0.05) is 131 Å². The first kappa shape index (κ1) is 64.8. The van der Waals surface area contributed by atoms with Crippen LogP contribution in [0.3, 0.4) is 0 Å². The lowest BCUT2D eigenvalue weighted by molar-refractivity contribution is -0.145. The van der Waals surface area contributed by atoms with Gasteiger partial charge in [-0.3, -0.25) is 38.5 Å². The number of rotatable bonds is 25. The average molecular weight is 1160 g/mol. The van der Waals surface area contributed by atoms with Crippen LogP contribution in [0.1, 0.15) is 104 Å². The van der Waals surface area contributed by atoms with Crippen LogP contribution in [0.4, 0.5) is 15.3 Å². The SMILES string of the molecule is CC(C)C(NC(=O)[C@@H]1CCCN1C(=O)C(CC(=O)NC(c1ccccc1)(c1ccccc1)c1ccccc1)NC(=O)C(C)(C)COCC(C)(C)CN1C(=O)C=CC1=O)C(=O)Nc1ccc(COC(=O)N(C)CCN(C)C(=O)OC(C)(C)C)cc1. The number of amides is 9. The van der Waals surface area contributed by atoms with Crippen molar-refractivity contribution < 1.29 is 57.4 Å². The molecule has 4 aromatic rings. The summed E-state index contributed by atoms with van der Waals surface area (Å²) in [6.45, 7) is 16.3. The molecule has 0 bridgehead atoms. The zero-order valence-corrected chi connectivity index (χ0v) is 50.2. The largest absolute Gasteiger partial charge is 0.445 e. The second-order valence-corrected chi connectivity index (χ2v) is 24.2. The lowest BCUT2D eigenvalue weighted by atomic mass is 9.77. The first-order chi connectivity index (χ1) is 39.6. The van der Waals surface area contributed by atoms with Gasteiger partial charge in [0, 0.05) is 63.5 Å². The summed E-state index contributed by atoms with van der Waals surface area (Å²) in [6.07, 6.45) is 1.43. The number of nitrogens with one attached hydrogen (secondary N) is 4. The van der Waals surface area contributed by atoms with Crippen molar-refractivity contribution in [3.63, 3.8) is 0 Å². The smallest absolute Gasteiger partial charge is 0.410 e. The Morgan fingerprint density at radius 1 is 0.679 bits per heavy atom. The van der Waals surface area contributed by atoms with Crippen molar-refractivity contribution in [1.29, 1.82) is 0 Å². The first-order valence-electron chi connectivity index (χ1n) is 28.3. The maximum absolute atomic E-state index is 15.2. The van der Waals surface area contributed by atoms with E-state index in [-0.39, 0.29) is 52.4 Å². The molecule has 84 heavy (non-hydrogen) atoms. The Labute approximate surface area is 493 Å². The van der Waals surface area contributed by atoms with Crippen LogP contribution in [0.5, 0.6) is 0 Å². The fourth-order valence-electron chi connectivity index (χ4n) is 9.76. The standard InChI is InChI=1S/C64H82N8O12/c1-43(2)54(56(77)65-48-31-29-44(30-32-48)39-83-59(80)69(10)36-37-70(11)60(81)84-61(3,4)5)67-55(76)50-28-21-35-71(50)57(78)49(66-58(79)63(8,9)42-82-41-62(6,7)40-72-52(74)33-34-53(72)75)38-51(73)68-64(45-22-15-12-16-23-45,46-24-17-13-18-25-46)47-26-19-14-20-27-47/h12-20,22-27,29-34,43,49-50,54H,21,28,35-42H2,1-11H3,(H,65,77)(H,66,79)(H,67,76)(H,68,73)/t49?,50-,54?/m0/s1. The van der Waals surface area contributed by atoms with Crippen LogP contribution in [-0.4, -0.2) is 150 Å². The molecule has 6 rings (SSSR count). The number of hydrogen-bond acceptors (Lipinski definition) is 12. The van der Waals surface area contributed by atoms with Crippen LogP contribution in [-0.2, 0) is 59.9 Å². The maximum Gasteiger partial charge on any atom is 0.410 e. The summed E-state index contributed by atoms with van der Waals surface area (Å²) in [7, 11) is 3.14. The van der Waals surface area contributed by atoms with Crippen LogP contribution in [0.15, 0.2) is 127 Å². The molecule has 20 heteroatoms. The fourth-order valence-corrected chi connectivity index (χ4v) is 9.76. The molecule has 2 aliphatic heterocycles. The van der Waals surface area contributed by atoms with E-state index in [1.54, 1.807) is 86.8 Å². The Morgan fingerprint density at radius 2 is 1.20 bits per heavy atom. The molecule has 2 unspecified atom stereocenters. The number of ether oxygens (including phenoxy) is 3. The Kier molecular flexibility index (Phi) is 21.8. The van der Waals surface area contributed by atoms with Crippen molar-refractivity contribution in [3.8, 4) is 0 Å². The lowest BCUT2D eigenvalue weighted by Gasteiger charge is -2.38. The summed E-state index contributed by atoms with van der Waals surface area (Å²) in [5.41, 5.74) is -0.659. The van der Waals surface area contributed by atoms with E-state index in [0.717, 1.165) is 21.6 Å². The van der Waals surface area contributed by atoms with Crippen molar-refractivity contribution in [1.82, 2.24) is 35.6 Å². The molecular formula is C64H82N8O12. The molecule has 0 saturated carbocycles. The minimum absolute atomic E-state index is 0.0659. The molecule has 0 spiro atoms. The zero-order valence-electron chi connectivity index (χ0n) is 50.2. The quantitative estimate of drug-likeness (QED) is 0.0382. The monoisotopic (exact) mass is 1150 g/mol.